The van der Waals surface area contributed by atoms with Gasteiger partial charge in [0.25, 0.3) is 0 Å². The molecule has 1 aromatic rings. The van der Waals surface area contributed by atoms with Gasteiger partial charge in [-0.05, 0) is 17.7 Å². The van der Waals surface area contributed by atoms with Crippen LogP contribution in [0.4, 0.5) is 0 Å². The molecule has 0 unspecified atom stereocenters. The van der Waals surface area contributed by atoms with Crippen LogP contribution in [0.25, 0.3) is 0 Å². The van der Waals surface area contributed by atoms with Crippen molar-refractivity contribution >= 4 is 10.0 Å². The van der Waals surface area contributed by atoms with Crippen LogP contribution < -0.4 is 10.5 Å². The van der Waals surface area contributed by atoms with Gasteiger partial charge in [-0.1, -0.05) is 6.07 Å². The van der Waals surface area contributed by atoms with Gasteiger partial charge in [0.05, 0.1) is 7.11 Å². The Balaban J connectivity index is 3.41. The van der Waals surface area contributed by atoms with E-state index in [1.165, 1.54) is 27.3 Å². The van der Waals surface area contributed by atoms with Gasteiger partial charge in [-0.3, -0.25) is 0 Å². The Morgan fingerprint density at radius 3 is 2.44 bits per heavy atom. The molecular weight excluding hydrogens is 228 g/mol. The quantitative estimate of drug-likeness (QED) is 0.832. The number of ether oxygens (including phenoxy) is 1. The van der Waals surface area contributed by atoms with Gasteiger partial charge < -0.3 is 10.5 Å². The van der Waals surface area contributed by atoms with Crippen molar-refractivity contribution < 1.29 is 13.2 Å². The van der Waals surface area contributed by atoms with E-state index in [9.17, 15) is 8.42 Å². The van der Waals surface area contributed by atoms with Crippen LogP contribution >= 0.6 is 0 Å². The van der Waals surface area contributed by atoms with Crippen LogP contribution in [0.5, 0.6) is 5.75 Å². The van der Waals surface area contributed by atoms with Crippen LogP contribution in [-0.4, -0.2) is 33.9 Å². The Morgan fingerprint density at radius 2 is 2.00 bits per heavy atom. The molecule has 0 aromatic heterocycles. The van der Waals surface area contributed by atoms with E-state index in [2.05, 4.69) is 0 Å². The van der Waals surface area contributed by atoms with Crippen LogP contribution in [0.2, 0.25) is 0 Å². The molecule has 0 aliphatic rings. The molecule has 1 aromatic carbocycles. The molecule has 0 fully saturated rings. The van der Waals surface area contributed by atoms with E-state index < -0.39 is 10.0 Å². The minimum absolute atomic E-state index is 0.142. The number of nitrogens with two attached hydrogens (primary N) is 1. The first-order valence-electron chi connectivity index (χ1n) is 4.73. The van der Waals surface area contributed by atoms with Crippen LogP contribution in [0, 0.1) is 0 Å². The summed E-state index contributed by atoms with van der Waals surface area (Å²) in [6.07, 6.45) is 0. The van der Waals surface area contributed by atoms with Crippen LogP contribution in [-0.2, 0) is 16.6 Å². The predicted octanol–water partition coefficient (Wildman–Crippen LogP) is 0.404. The molecule has 1 rings (SSSR count). The molecule has 16 heavy (non-hydrogen) atoms. The summed E-state index contributed by atoms with van der Waals surface area (Å²) in [5, 5.41) is 0. The smallest absolute Gasteiger partial charge is 0.246 e. The highest BCUT2D eigenvalue weighted by molar-refractivity contribution is 7.89. The Bertz CT molecular complexity index is 469. The van der Waals surface area contributed by atoms with Gasteiger partial charge in [0.1, 0.15) is 10.6 Å². The second-order valence-electron chi connectivity index (χ2n) is 3.48. The molecule has 2 N–H and O–H groups in total. The summed E-state index contributed by atoms with van der Waals surface area (Å²) >= 11 is 0. The first-order valence-corrected chi connectivity index (χ1v) is 6.17. The third-order valence-corrected chi connectivity index (χ3v) is 4.06. The van der Waals surface area contributed by atoms with Gasteiger partial charge in [-0.2, -0.15) is 0 Å². The number of sulfonamides is 1. The number of hydrogen-bond donors (Lipinski definition) is 1. The van der Waals surface area contributed by atoms with E-state index in [0.29, 0.717) is 12.3 Å². The average molecular weight is 244 g/mol. The molecule has 0 bridgehead atoms. The highest BCUT2D eigenvalue weighted by atomic mass is 32.2. The summed E-state index contributed by atoms with van der Waals surface area (Å²) in [5.74, 6) is 0.325. The fraction of sp³-hybridized carbons (Fsp3) is 0.400. The Hall–Kier alpha value is -1.11. The van der Waals surface area contributed by atoms with E-state index in [-0.39, 0.29) is 4.90 Å². The highest BCUT2D eigenvalue weighted by Gasteiger charge is 2.22. The van der Waals surface area contributed by atoms with Crippen molar-refractivity contribution in [1.82, 2.24) is 4.31 Å². The van der Waals surface area contributed by atoms with Crippen molar-refractivity contribution in [3.05, 3.63) is 23.8 Å². The minimum Gasteiger partial charge on any atom is -0.495 e. The first-order chi connectivity index (χ1) is 7.43. The van der Waals surface area contributed by atoms with E-state index in [1.807, 2.05) is 0 Å². The van der Waals surface area contributed by atoms with Crippen molar-refractivity contribution in [2.45, 2.75) is 11.4 Å². The molecule has 5 nitrogen and oxygen atoms in total. The van der Waals surface area contributed by atoms with E-state index >= 15 is 0 Å². The number of rotatable bonds is 4. The lowest BCUT2D eigenvalue weighted by molar-refractivity contribution is 0.400. The predicted molar refractivity (Wildman–Crippen MR) is 61.8 cm³/mol. The minimum atomic E-state index is -3.50. The summed E-state index contributed by atoms with van der Waals surface area (Å²) in [7, 11) is 0.889. The third kappa shape index (κ3) is 2.34. The summed E-state index contributed by atoms with van der Waals surface area (Å²) in [4.78, 5) is 0.142. The summed E-state index contributed by atoms with van der Waals surface area (Å²) in [6.45, 7) is 0.292. The fourth-order valence-electron chi connectivity index (χ4n) is 1.25. The lowest BCUT2D eigenvalue weighted by Crippen LogP contribution is -2.23. The van der Waals surface area contributed by atoms with Crippen molar-refractivity contribution in [2.75, 3.05) is 21.2 Å². The zero-order valence-electron chi connectivity index (χ0n) is 9.60. The van der Waals surface area contributed by atoms with Gasteiger partial charge >= 0.3 is 0 Å². The molecule has 0 saturated heterocycles. The number of methoxy groups -OCH3 is 1. The maximum absolute atomic E-state index is 12.0. The van der Waals surface area contributed by atoms with Crippen LogP contribution in [0.1, 0.15) is 5.56 Å². The summed E-state index contributed by atoms with van der Waals surface area (Å²) in [5.41, 5.74) is 6.23. The summed E-state index contributed by atoms with van der Waals surface area (Å²) < 4.78 is 30.1. The molecule has 0 amide bonds. The Morgan fingerprint density at radius 1 is 1.38 bits per heavy atom. The van der Waals surface area contributed by atoms with Gasteiger partial charge in [-0.15, -0.1) is 0 Å². The van der Waals surface area contributed by atoms with E-state index in [0.717, 1.165) is 9.87 Å². The van der Waals surface area contributed by atoms with Crippen molar-refractivity contribution in [1.29, 1.82) is 0 Å². The van der Waals surface area contributed by atoms with E-state index in [1.54, 1.807) is 12.1 Å². The molecule has 0 heterocycles. The maximum Gasteiger partial charge on any atom is 0.246 e. The molecule has 0 aliphatic heterocycles. The van der Waals surface area contributed by atoms with Gasteiger partial charge in [0, 0.05) is 20.6 Å². The Labute approximate surface area is 95.9 Å². The molecule has 0 radical (unpaired) electrons. The summed E-state index contributed by atoms with van der Waals surface area (Å²) in [6, 6.07) is 4.89. The zero-order chi connectivity index (χ0) is 12.3. The highest BCUT2D eigenvalue weighted by Crippen LogP contribution is 2.26. The lowest BCUT2D eigenvalue weighted by Gasteiger charge is -2.15. The van der Waals surface area contributed by atoms with Crippen molar-refractivity contribution in [3.63, 3.8) is 0 Å². The fourth-order valence-corrected chi connectivity index (χ4v) is 2.35. The number of nitrogens with zero attached hydrogens (tertiary/aromatic N) is 1. The third-order valence-electron chi connectivity index (χ3n) is 2.22. The van der Waals surface area contributed by atoms with Crippen LogP contribution in [0.3, 0.4) is 0 Å². The van der Waals surface area contributed by atoms with Crippen molar-refractivity contribution in [2.24, 2.45) is 5.73 Å². The second kappa shape index (κ2) is 4.82. The molecule has 0 atom stereocenters. The molecule has 6 heteroatoms. The van der Waals surface area contributed by atoms with Crippen LogP contribution in [0.15, 0.2) is 23.1 Å². The second-order valence-corrected chi connectivity index (χ2v) is 5.60. The maximum atomic E-state index is 12.0. The SMILES string of the molecule is COc1ccc(CN)cc1S(=O)(=O)N(C)C. The molecule has 0 saturated carbocycles. The van der Waals surface area contributed by atoms with Gasteiger partial charge in [-0.25, -0.2) is 12.7 Å². The normalized spacial score (nSPS) is 11.8. The monoisotopic (exact) mass is 244 g/mol. The van der Waals surface area contributed by atoms with Crippen molar-refractivity contribution in [3.8, 4) is 5.75 Å². The first kappa shape index (κ1) is 13.0. The Kier molecular flexibility index (Phi) is 3.90. The molecule has 0 aliphatic carbocycles. The number of hydrogen-bond acceptors (Lipinski definition) is 4. The molecular formula is C10H16N2O3S. The van der Waals surface area contributed by atoms with Gasteiger partial charge in [0.2, 0.25) is 10.0 Å². The largest absolute Gasteiger partial charge is 0.495 e. The molecule has 0 spiro atoms. The lowest BCUT2D eigenvalue weighted by atomic mass is 10.2. The van der Waals surface area contributed by atoms with Gasteiger partial charge in [0.15, 0.2) is 0 Å². The topological polar surface area (TPSA) is 72.6 Å². The average Bonchev–Trinajstić information content (AvgIpc) is 2.27. The number of benzene rings is 1. The zero-order valence-corrected chi connectivity index (χ0v) is 10.4. The molecule has 90 valence electrons. The standard InChI is InChI=1S/C10H16N2O3S/c1-12(2)16(13,14)10-6-8(7-11)4-5-9(10)15-3/h4-6H,7,11H2,1-3H3. The van der Waals surface area contributed by atoms with E-state index in [4.69, 9.17) is 10.5 Å².